The number of hydrogen-bond donors (Lipinski definition) is 3. The second kappa shape index (κ2) is 8.70. The van der Waals surface area contributed by atoms with Crippen LogP contribution < -0.4 is 5.32 Å². The van der Waals surface area contributed by atoms with Gasteiger partial charge >= 0.3 is 0 Å². The fourth-order valence-electron chi connectivity index (χ4n) is 3.75. The van der Waals surface area contributed by atoms with Gasteiger partial charge in [0.05, 0.1) is 10.6 Å². The molecule has 0 aromatic heterocycles. The second-order valence-corrected chi connectivity index (χ2v) is 7.85. The van der Waals surface area contributed by atoms with Gasteiger partial charge in [0.2, 0.25) is 5.91 Å². The molecule has 6 nitrogen and oxygen atoms in total. The Balaban J connectivity index is 1.63. The molecule has 1 atom stereocenters. The van der Waals surface area contributed by atoms with E-state index in [1.807, 2.05) is 54.6 Å². The molecule has 7 heteroatoms. The summed E-state index contributed by atoms with van der Waals surface area (Å²) >= 11 is 5.96. The third-order valence-electron chi connectivity index (χ3n) is 5.42. The molecule has 0 spiro atoms. The van der Waals surface area contributed by atoms with Crippen molar-refractivity contribution in [3.8, 4) is 11.5 Å². The molecule has 2 amide bonds. The highest BCUT2D eigenvalue weighted by molar-refractivity contribution is 6.32. The molecule has 1 aliphatic heterocycles. The van der Waals surface area contributed by atoms with Crippen LogP contribution in [0.5, 0.6) is 11.5 Å². The first-order valence-corrected chi connectivity index (χ1v) is 10.2. The Hall–Kier alpha value is -3.51. The summed E-state index contributed by atoms with van der Waals surface area (Å²) in [5.74, 6) is -1.53. The van der Waals surface area contributed by atoms with Crippen LogP contribution in [-0.2, 0) is 24.3 Å². The van der Waals surface area contributed by atoms with Crippen molar-refractivity contribution in [1.29, 1.82) is 0 Å². The maximum Gasteiger partial charge on any atom is 0.258 e. The van der Waals surface area contributed by atoms with Crippen molar-refractivity contribution < 1.29 is 19.8 Å². The van der Waals surface area contributed by atoms with Gasteiger partial charge in [0.25, 0.3) is 5.91 Å². The van der Waals surface area contributed by atoms with Crippen molar-refractivity contribution in [2.45, 2.75) is 25.6 Å². The van der Waals surface area contributed by atoms with Gasteiger partial charge in [0, 0.05) is 25.6 Å². The number of halogens is 1. The molecule has 0 radical (unpaired) electrons. The summed E-state index contributed by atoms with van der Waals surface area (Å²) in [6, 6.07) is 18.7. The smallest absolute Gasteiger partial charge is 0.258 e. The minimum atomic E-state index is -0.752. The molecular formula is C24H21ClN2O4. The summed E-state index contributed by atoms with van der Waals surface area (Å²) in [7, 11) is 0. The highest BCUT2D eigenvalue weighted by Crippen LogP contribution is 2.33. The Bertz CT molecular complexity index is 1130. The zero-order chi connectivity index (χ0) is 22.0. The number of carbonyl (C=O) groups is 2. The second-order valence-electron chi connectivity index (χ2n) is 7.45. The molecule has 4 rings (SSSR count). The summed E-state index contributed by atoms with van der Waals surface area (Å²) in [6.07, 6.45) is 0.356. The van der Waals surface area contributed by atoms with Crippen molar-refractivity contribution >= 4 is 23.4 Å². The van der Waals surface area contributed by atoms with Crippen molar-refractivity contribution in [2.75, 3.05) is 0 Å². The normalized spacial score (nSPS) is 15.3. The van der Waals surface area contributed by atoms with E-state index in [0.717, 1.165) is 22.8 Å². The van der Waals surface area contributed by atoms with Gasteiger partial charge in [-0.3, -0.25) is 9.59 Å². The lowest BCUT2D eigenvalue weighted by molar-refractivity contribution is -0.126. The lowest BCUT2D eigenvalue weighted by Crippen LogP contribution is -2.52. The van der Waals surface area contributed by atoms with Crippen LogP contribution in [-0.4, -0.2) is 33.0 Å². The van der Waals surface area contributed by atoms with Crippen LogP contribution in [0.15, 0.2) is 66.7 Å². The maximum absolute atomic E-state index is 13.3. The van der Waals surface area contributed by atoms with Gasteiger partial charge in [-0.1, -0.05) is 66.2 Å². The number of amides is 2. The summed E-state index contributed by atoms with van der Waals surface area (Å²) in [5, 5.41) is 22.8. The average Bonchev–Trinajstić information content (AvgIpc) is 2.79. The van der Waals surface area contributed by atoms with Crippen LogP contribution in [0.1, 0.15) is 27.0 Å². The summed E-state index contributed by atoms with van der Waals surface area (Å²) in [6.45, 7) is 0.562. The quantitative estimate of drug-likeness (QED) is 0.582. The molecule has 0 saturated carbocycles. The van der Waals surface area contributed by atoms with Crippen molar-refractivity contribution in [3.63, 3.8) is 0 Å². The van der Waals surface area contributed by atoms with E-state index in [1.54, 1.807) is 0 Å². The number of phenols is 2. The number of rotatable bonds is 4. The Morgan fingerprint density at radius 3 is 2.39 bits per heavy atom. The van der Waals surface area contributed by atoms with E-state index in [-0.39, 0.29) is 28.8 Å². The first kappa shape index (κ1) is 20.8. The average molecular weight is 437 g/mol. The maximum atomic E-state index is 13.3. The minimum Gasteiger partial charge on any atom is -0.507 e. The number of aromatic hydroxyl groups is 2. The van der Waals surface area contributed by atoms with Gasteiger partial charge in [-0.2, -0.15) is 0 Å². The van der Waals surface area contributed by atoms with Gasteiger partial charge in [-0.15, -0.1) is 0 Å². The van der Waals surface area contributed by atoms with Gasteiger partial charge in [0.15, 0.2) is 0 Å². The summed E-state index contributed by atoms with van der Waals surface area (Å²) in [5.41, 5.74) is 2.82. The van der Waals surface area contributed by atoms with E-state index in [9.17, 15) is 19.8 Å². The predicted octanol–water partition coefficient (Wildman–Crippen LogP) is 3.63. The largest absolute Gasteiger partial charge is 0.507 e. The molecule has 31 heavy (non-hydrogen) atoms. The lowest BCUT2D eigenvalue weighted by atomic mass is 9.92. The van der Waals surface area contributed by atoms with Crippen LogP contribution in [0.25, 0.3) is 0 Å². The molecule has 1 aliphatic rings. The molecule has 0 unspecified atom stereocenters. The van der Waals surface area contributed by atoms with E-state index in [2.05, 4.69) is 5.32 Å². The first-order valence-electron chi connectivity index (χ1n) is 9.85. The third-order valence-corrected chi connectivity index (χ3v) is 5.72. The van der Waals surface area contributed by atoms with Crippen LogP contribution in [0, 0.1) is 0 Å². The number of carbonyl (C=O) groups excluding carboxylic acids is 2. The summed E-state index contributed by atoms with van der Waals surface area (Å²) in [4.78, 5) is 27.9. The van der Waals surface area contributed by atoms with Crippen molar-refractivity contribution in [2.24, 2.45) is 0 Å². The standard InChI is InChI=1S/C24H21ClN2O4/c25-19-11-18(21(28)12-22(19)29)24(31)27-14-17-9-5-4-8-16(17)10-20(27)23(30)26-13-15-6-2-1-3-7-15/h1-9,11-12,20,28-29H,10,13-14H2,(H,26,30)/t20-/m1/s1. The van der Waals surface area contributed by atoms with Crippen molar-refractivity contribution in [1.82, 2.24) is 10.2 Å². The van der Waals surface area contributed by atoms with Gasteiger partial charge in [-0.25, -0.2) is 0 Å². The van der Waals surface area contributed by atoms with E-state index in [4.69, 9.17) is 11.6 Å². The summed E-state index contributed by atoms with van der Waals surface area (Å²) < 4.78 is 0. The van der Waals surface area contributed by atoms with Crippen LogP contribution in [0.4, 0.5) is 0 Å². The van der Waals surface area contributed by atoms with Gasteiger partial charge in [0.1, 0.15) is 17.5 Å². The van der Waals surface area contributed by atoms with E-state index < -0.39 is 17.7 Å². The molecular weight excluding hydrogens is 416 g/mol. The topological polar surface area (TPSA) is 89.9 Å². The molecule has 3 N–H and O–H groups in total. The molecule has 158 valence electrons. The zero-order valence-electron chi connectivity index (χ0n) is 16.6. The van der Waals surface area contributed by atoms with Crippen LogP contribution >= 0.6 is 11.6 Å². The Labute approximate surface area is 184 Å². The fourth-order valence-corrected chi connectivity index (χ4v) is 3.91. The van der Waals surface area contributed by atoms with E-state index >= 15 is 0 Å². The number of phenolic OH excluding ortho intramolecular Hbond substituents is 2. The van der Waals surface area contributed by atoms with Gasteiger partial charge < -0.3 is 20.4 Å². The molecule has 0 saturated heterocycles. The van der Waals surface area contributed by atoms with Gasteiger partial charge in [-0.05, 0) is 22.8 Å². The highest BCUT2D eigenvalue weighted by atomic mass is 35.5. The molecule has 0 fully saturated rings. The molecule has 3 aromatic carbocycles. The molecule has 0 aliphatic carbocycles. The van der Waals surface area contributed by atoms with E-state index in [1.165, 1.54) is 11.0 Å². The Morgan fingerprint density at radius 1 is 0.968 bits per heavy atom. The third kappa shape index (κ3) is 4.34. The first-order chi connectivity index (χ1) is 14.9. The highest BCUT2D eigenvalue weighted by Gasteiger charge is 2.36. The molecule has 1 heterocycles. The predicted molar refractivity (Wildman–Crippen MR) is 117 cm³/mol. The van der Waals surface area contributed by atoms with Crippen molar-refractivity contribution in [3.05, 3.63) is 94.0 Å². The Kier molecular flexibility index (Phi) is 5.82. The number of benzene rings is 3. The fraction of sp³-hybridized carbons (Fsp3) is 0.167. The number of fused-ring (bicyclic) bond motifs is 1. The Morgan fingerprint density at radius 2 is 1.65 bits per heavy atom. The molecule has 3 aromatic rings. The van der Waals surface area contributed by atoms with Crippen LogP contribution in [0.2, 0.25) is 5.02 Å². The number of nitrogens with one attached hydrogen (secondary N) is 1. The lowest BCUT2D eigenvalue weighted by Gasteiger charge is -2.36. The molecule has 0 bridgehead atoms. The number of hydrogen-bond acceptors (Lipinski definition) is 4. The van der Waals surface area contributed by atoms with E-state index in [0.29, 0.717) is 13.0 Å². The number of nitrogens with zero attached hydrogens (tertiary/aromatic N) is 1. The monoisotopic (exact) mass is 436 g/mol. The SMILES string of the molecule is O=C(NCc1ccccc1)[C@H]1Cc2ccccc2CN1C(=O)c1cc(Cl)c(O)cc1O. The van der Waals surface area contributed by atoms with Crippen LogP contribution in [0.3, 0.4) is 0 Å². The zero-order valence-corrected chi connectivity index (χ0v) is 17.3. The minimum absolute atomic E-state index is 0.0522.